The summed E-state index contributed by atoms with van der Waals surface area (Å²) in [4.78, 5) is 14.4. The van der Waals surface area contributed by atoms with Crippen LogP contribution in [0.15, 0.2) is 0 Å². The van der Waals surface area contributed by atoms with Gasteiger partial charge in [-0.1, -0.05) is 6.92 Å². The van der Waals surface area contributed by atoms with Crippen molar-refractivity contribution in [1.82, 2.24) is 4.90 Å². The molecule has 0 saturated carbocycles. The predicted molar refractivity (Wildman–Crippen MR) is 69.2 cm³/mol. The summed E-state index contributed by atoms with van der Waals surface area (Å²) >= 11 is 0. The molecule has 0 aromatic heterocycles. The molecule has 0 spiro atoms. The van der Waals surface area contributed by atoms with Crippen molar-refractivity contribution in [2.45, 2.75) is 57.7 Å². The Labute approximate surface area is 109 Å². The Bertz CT molecular complexity index is 303. The quantitative estimate of drug-likeness (QED) is 0.814. The first-order valence-electron chi connectivity index (χ1n) is 7.16. The van der Waals surface area contributed by atoms with Crippen molar-refractivity contribution in [3.63, 3.8) is 0 Å². The SMILES string of the molecule is CCC1OCCC1C(=O)N1CCCC(C)(O)CC1. The van der Waals surface area contributed by atoms with Gasteiger partial charge in [-0.25, -0.2) is 0 Å². The standard InChI is InChI=1S/C14H25NO3/c1-3-12-11(5-10-18-12)13(16)15-8-4-6-14(2,17)7-9-15/h11-12,17H,3-10H2,1-2H3. The first-order valence-corrected chi connectivity index (χ1v) is 7.16. The molecular weight excluding hydrogens is 230 g/mol. The smallest absolute Gasteiger partial charge is 0.228 e. The van der Waals surface area contributed by atoms with Gasteiger partial charge in [0.25, 0.3) is 0 Å². The number of carbonyl (C=O) groups is 1. The van der Waals surface area contributed by atoms with Gasteiger partial charge < -0.3 is 14.7 Å². The molecule has 3 unspecified atom stereocenters. The van der Waals surface area contributed by atoms with E-state index in [0.717, 1.165) is 32.2 Å². The Hall–Kier alpha value is -0.610. The molecule has 0 bridgehead atoms. The number of ether oxygens (including phenoxy) is 1. The predicted octanol–water partition coefficient (Wildman–Crippen LogP) is 1.56. The second-order valence-corrected chi connectivity index (χ2v) is 5.89. The molecule has 2 aliphatic heterocycles. The van der Waals surface area contributed by atoms with Crippen LogP contribution in [-0.2, 0) is 9.53 Å². The number of rotatable bonds is 2. The Morgan fingerprint density at radius 1 is 1.44 bits per heavy atom. The minimum absolute atomic E-state index is 0.0399. The zero-order valence-electron chi connectivity index (χ0n) is 11.5. The average molecular weight is 255 g/mol. The summed E-state index contributed by atoms with van der Waals surface area (Å²) < 4.78 is 5.60. The average Bonchev–Trinajstić information content (AvgIpc) is 2.73. The van der Waals surface area contributed by atoms with Crippen molar-refractivity contribution in [2.24, 2.45) is 5.92 Å². The number of nitrogens with zero attached hydrogens (tertiary/aromatic N) is 1. The summed E-state index contributed by atoms with van der Waals surface area (Å²) in [6, 6.07) is 0. The highest BCUT2D eigenvalue weighted by Crippen LogP contribution is 2.28. The number of amides is 1. The van der Waals surface area contributed by atoms with Crippen molar-refractivity contribution in [3.05, 3.63) is 0 Å². The third kappa shape index (κ3) is 3.04. The van der Waals surface area contributed by atoms with E-state index in [1.807, 2.05) is 11.8 Å². The summed E-state index contributed by atoms with van der Waals surface area (Å²) in [7, 11) is 0. The molecule has 2 rings (SSSR count). The summed E-state index contributed by atoms with van der Waals surface area (Å²) in [5.41, 5.74) is -0.606. The topological polar surface area (TPSA) is 49.8 Å². The van der Waals surface area contributed by atoms with Crippen LogP contribution in [-0.4, -0.2) is 47.3 Å². The lowest BCUT2D eigenvalue weighted by Gasteiger charge is -2.26. The summed E-state index contributed by atoms with van der Waals surface area (Å²) in [6.45, 7) is 6.11. The van der Waals surface area contributed by atoms with Gasteiger partial charge >= 0.3 is 0 Å². The number of hydrogen-bond acceptors (Lipinski definition) is 3. The van der Waals surface area contributed by atoms with Gasteiger partial charge in [-0.2, -0.15) is 0 Å². The molecule has 0 radical (unpaired) electrons. The van der Waals surface area contributed by atoms with Gasteiger partial charge in [0.1, 0.15) is 0 Å². The van der Waals surface area contributed by atoms with E-state index in [4.69, 9.17) is 4.74 Å². The maximum Gasteiger partial charge on any atom is 0.228 e. The molecule has 0 aromatic rings. The number of carbonyl (C=O) groups excluding carboxylic acids is 1. The van der Waals surface area contributed by atoms with Crippen molar-refractivity contribution >= 4 is 5.91 Å². The summed E-state index contributed by atoms with van der Waals surface area (Å²) in [5, 5.41) is 10.1. The van der Waals surface area contributed by atoms with E-state index in [-0.39, 0.29) is 17.9 Å². The fourth-order valence-corrected chi connectivity index (χ4v) is 3.05. The van der Waals surface area contributed by atoms with Gasteiger partial charge in [0.15, 0.2) is 0 Å². The van der Waals surface area contributed by atoms with Crippen LogP contribution >= 0.6 is 0 Å². The zero-order chi connectivity index (χ0) is 13.2. The van der Waals surface area contributed by atoms with E-state index in [9.17, 15) is 9.90 Å². The van der Waals surface area contributed by atoms with E-state index < -0.39 is 5.60 Å². The Morgan fingerprint density at radius 3 is 2.94 bits per heavy atom. The third-order valence-electron chi connectivity index (χ3n) is 4.30. The molecule has 2 heterocycles. The first-order chi connectivity index (χ1) is 8.53. The van der Waals surface area contributed by atoms with E-state index in [1.165, 1.54) is 0 Å². The molecule has 104 valence electrons. The van der Waals surface area contributed by atoms with Crippen molar-refractivity contribution in [1.29, 1.82) is 0 Å². The Morgan fingerprint density at radius 2 is 2.22 bits per heavy atom. The maximum absolute atomic E-state index is 12.5. The van der Waals surface area contributed by atoms with Crippen LogP contribution in [0.2, 0.25) is 0 Å². The summed E-state index contributed by atoms with van der Waals surface area (Å²) in [5.74, 6) is 0.273. The van der Waals surface area contributed by atoms with E-state index in [0.29, 0.717) is 19.6 Å². The lowest BCUT2D eigenvalue weighted by molar-refractivity contribution is -0.137. The molecule has 1 amide bonds. The minimum atomic E-state index is -0.606. The van der Waals surface area contributed by atoms with Crippen LogP contribution in [0, 0.1) is 5.92 Å². The molecule has 3 atom stereocenters. The molecular formula is C14H25NO3. The lowest BCUT2D eigenvalue weighted by atomic mass is 9.97. The molecule has 18 heavy (non-hydrogen) atoms. The third-order valence-corrected chi connectivity index (χ3v) is 4.30. The second-order valence-electron chi connectivity index (χ2n) is 5.89. The van der Waals surface area contributed by atoms with Crippen LogP contribution < -0.4 is 0 Å². The number of aliphatic hydroxyl groups is 1. The molecule has 1 N–H and O–H groups in total. The van der Waals surface area contributed by atoms with Gasteiger partial charge in [-0.15, -0.1) is 0 Å². The maximum atomic E-state index is 12.5. The van der Waals surface area contributed by atoms with Crippen LogP contribution in [0.3, 0.4) is 0 Å². The molecule has 2 saturated heterocycles. The largest absolute Gasteiger partial charge is 0.390 e. The zero-order valence-corrected chi connectivity index (χ0v) is 11.5. The van der Waals surface area contributed by atoms with Crippen LogP contribution in [0.4, 0.5) is 0 Å². The summed E-state index contributed by atoms with van der Waals surface area (Å²) in [6.07, 6.45) is 4.22. The van der Waals surface area contributed by atoms with Gasteiger partial charge in [0, 0.05) is 19.7 Å². The Balaban J connectivity index is 1.96. The van der Waals surface area contributed by atoms with E-state index >= 15 is 0 Å². The second kappa shape index (κ2) is 5.57. The van der Waals surface area contributed by atoms with Crippen LogP contribution in [0.25, 0.3) is 0 Å². The molecule has 2 fully saturated rings. The monoisotopic (exact) mass is 255 g/mol. The van der Waals surface area contributed by atoms with Crippen LogP contribution in [0.5, 0.6) is 0 Å². The highest BCUT2D eigenvalue weighted by molar-refractivity contribution is 5.79. The minimum Gasteiger partial charge on any atom is -0.390 e. The highest BCUT2D eigenvalue weighted by atomic mass is 16.5. The van der Waals surface area contributed by atoms with Gasteiger partial charge in [-0.05, 0) is 39.0 Å². The molecule has 2 aliphatic rings. The van der Waals surface area contributed by atoms with E-state index in [2.05, 4.69) is 6.92 Å². The molecule has 0 aliphatic carbocycles. The normalized spacial score (nSPS) is 37.6. The van der Waals surface area contributed by atoms with Crippen molar-refractivity contribution in [2.75, 3.05) is 19.7 Å². The fourth-order valence-electron chi connectivity index (χ4n) is 3.05. The highest BCUT2D eigenvalue weighted by Gasteiger charge is 2.36. The lowest BCUT2D eigenvalue weighted by Crippen LogP contribution is -2.40. The van der Waals surface area contributed by atoms with Crippen molar-refractivity contribution < 1.29 is 14.6 Å². The first kappa shape index (κ1) is 13.8. The Kier molecular flexibility index (Phi) is 4.28. The van der Waals surface area contributed by atoms with Gasteiger partial charge in [-0.3, -0.25) is 4.79 Å². The molecule has 4 nitrogen and oxygen atoms in total. The van der Waals surface area contributed by atoms with Crippen molar-refractivity contribution in [3.8, 4) is 0 Å². The number of hydrogen-bond donors (Lipinski definition) is 1. The van der Waals surface area contributed by atoms with Gasteiger partial charge in [0.2, 0.25) is 5.91 Å². The van der Waals surface area contributed by atoms with Gasteiger partial charge in [0.05, 0.1) is 17.6 Å². The fraction of sp³-hybridized carbons (Fsp3) is 0.929. The van der Waals surface area contributed by atoms with E-state index in [1.54, 1.807) is 0 Å². The number of likely N-dealkylation sites (tertiary alicyclic amines) is 1. The van der Waals surface area contributed by atoms with Crippen LogP contribution in [0.1, 0.15) is 46.0 Å². The molecule has 4 heteroatoms. The molecule has 0 aromatic carbocycles.